The fraction of sp³-hybridized carbons (Fsp3) is 0.333. The summed E-state index contributed by atoms with van der Waals surface area (Å²) in [6.45, 7) is 1.29. The van der Waals surface area contributed by atoms with Crippen LogP contribution in [0.2, 0.25) is 0 Å². The molecule has 2 atom stereocenters. The number of nitrogens with zero attached hydrogens (tertiary/aromatic N) is 2. The lowest BCUT2D eigenvalue weighted by atomic mass is 9.97. The predicted octanol–water partition coefficient (Wildman–Crippen LogP) is 8.49. The van der Waals surface area contributed by atoms with Crippen LogP contribution in [0.25, 0.3) is 11.1 Å². The lowest BCUT2D eigenvalue weighted by Gasteiger charge is -2.23. The van der Waals surface area contributed by atoms with Crippen molar-refractivity contribution >= 4 is 28.7 Å². The standard InChI is InChI=1S/C27H20F7IN2O2/c1-13-24(15-8-16(26(29,30)31)10-17(9-15)27(32,33)34)39-25(38)37(13)12-23-19(5-7-22(36-23)14-2-3-14)20-11-18(35)4-6-21(20)28/h4-11,13-14,24H,2-3,12H2,1H3/t13-,24-/m0/s1. The first kappa shape index (κ1) is 27.7. The molecule has 0 bridgehead atoms. The van der Waals surface area contributed by atoms with Crippen LogP contribution in [0, 0.1) is 9.39 Å². The van der Waals surface area contributed by atoms with Gasteiger partial charge in [-0.2, -0.15) is 26.3 Å². The van der Waals surface area contributed by atoms with Crippen LogP contribution in [0.5, 0.6) is 0 Å². The zero-order valence-electron chi connectivity index (χ0n) is 20.2. The molecule has 12 heteroatoms. The third-order valence-electron chi connectivity index (χ3n) is 6.86. The summed E-state index contributed by atoms with van der Waals surface area (Å²) in [5.41, 5.74) is -1.61. The number of hydrogen-bond donors (Lipinski definition) is 0. The summed E-state index contributed by atoms with van der Waals surface area (Å²) >= 11 is 2.04. The number of carbonyl (C=O) groups is 1. The molecular weight excluding hydrogens is 644 g/mol. The molecule has 0 radical (unpaired) electrons. The minimum absolute atomic E-state index is 0.0259. The van der Waals surface area contributed by atoms with Gasteiger partial charge >= 0.3 is 18.4 Å². The first-order valence-corrected chi connectivity index (χ1v) is 13.0. The smallest absolute Gasteiger partial charge is 0.416 e. The van der Waals surface area contributed by atoms with Gasteiger partial charge in [0.1, 0.15) is 11.9 Å². The predicted molar refractivity (Wildman–Crippen MR) is 135 cm³/mol. The Kier molecular flexibility index (Phi) is 7.04. The van der Waals surface area contributed by atoms with Gasteiger partial charge in [0.05, 0.1) is 29.4 Å². The van der Waals surface area contributed by atoms with Crippen LogP contribution >= 0.6 is 22.6 Å². The van der Waals surface area contributed by atoms with Crippen LogP contribution in [0.3, 0.4) is 0 Å². The minimum Gasteiger partial charge on any atom is -0.439 e. The number of aromatic nitrogens is 1. The van der Waals surface area contributed by atoms with Crippen molar-refractivity contribution < 1.29 is 40.3 Å². The third kappa shape index (κ3) is 5.71. The Morgan fingerprint density at radius 3 is 2.18 bits per heavy atom. The molecule has 1 aromatic heterocycles. The molecule has 39 heavy (non-hydrogen) atoms. The average Bonchev–Trinajstić information content (AvgIpc) is 3.67. The Balaban J connectivity index is 1.52. The first-order valence-electron chi connectivity index (χ1n) is 11.9. The lowest BCUT2D eigenvalue weighted by molar-refractivity contribution is -0.143. The molecule has 5 rings (SSSR count). The molecule has 1 aliphatic carbocycles. The van der Waals surface area contributed by atoms with Crippen molar-refractivity contribution in [3.05, 3.63) is 86.0 Å². The Labute approximate surface area is 232 Å². The highest BCUT2D eigenvalue weighted by molar-refractivity contribution is 14.1. The minimum atomic E-state index is -5.04. The van der Waals surface area contributed by atoms with Crippen LogP contribution < -0.4 is 0 Å². The van der Waals surface area contributed by atoms with Gasteiger partial charge in [-0.25, -0.2) is 9.18 Å². The Hall–Kier alpha value is -2.90. The molecule has 1 saturated heterocycles. The van der Waals surface area contributed by atoms with Gasteiger partial charge in [0, 0.05) is 26.3 Å². The van der Waals surface area contributed by atoms with Crippen molar-refractivity contribution in [1.29, 1.82) is 0 Å². The zero-order valence-corrected chi connectivity index (χ0v) is 22.4. The monoisotopic (exact) mass is 664 g/mol. The summed E-state index contributed by atoms with van der Waals surface area (Å²) in [5, 5.41) is 0. The van der Waals surface area contributed by atoms with Crippen molar-refractivity contribution in [3.8, 4) is 11.1 Å². The van der Waals surface area contributed by atoms with E-state index in [2.05, 4.69) is 4.98 Å². The maximum Gasteiger partial charge on any atom is 0.416 e. The van der Waals surface area contributed by atoms with Crippen LogP contribution in [0.15, 0.2) is 48.5 Å². The van der Waals surface area contributed by atoms with Gasteiger partial charge < -0.3 is 4.74 Å². The van der Waals surface area contributed by atoms with Crippen molar-refractivity contribution in [3.63, 3.8) is 0 Å². The Morgan fingerprint density at radius 1 is 0.949 bits per heavy atom. The van der Waals surface area contributed by atoms with E-state index in [-0.39, 0.29) is 24.1 Å². The molecule has 0 N–H and O–H groups in total. The maximum absolute atomic E-state index is 14.8. The van der Waals surface area contributed by atoms with Crippen molar-refractivity contribution in [2.75, 3.05) is 0 Å². The van der Waals surface area contributed by atoms with Crippen LogP contribution in [-0.4, -0.2) is 22.0 Å². The molecule has 2 aromatic carbocycles. The Morgan fingerprint density at radius 2 is 1.59 bits per heavy atom. The second-order valence-corrected chi connectivity index (χ2v) is 10.9. The van der Waals surface area contributed by atoms with Gasteiger partial charge in [0.2, 0.25) is 0 Å². The number of carbonyl (C=O) groups excluding carboxylic acids is 1. The third-order valence-corrected chi connectivity index (χ3v) is 7.53. The highest BCUT2D eigenvalue weighted by Gasteiger charge is 2.43. The van der Waals surface area contributed by atoms with E-state index < -0.39 is 53.1 Å². The number of alkyl halides is 6. The SMILES string of the molecule is C[C@H]1[C@@H](c2cc(C(F)(F)F)cc(C(F)(F)F)c2)OC(=O)N1Cc1nc(C2CC2)ccc1-c1cc(I)ccc1F. The van der Waals surface area contributed by atoms with E-state index in [9.17, 15) is 35.5 Å². The van der Waals surface area contributed by atoms with E-state index in [1.807, 2.05) is 22.6 Å². The Bertz CT molecular complexity index is 1400. The number of cyclic esters (lactones) is 1. The molecule has 2 fully saturated rings. The van der Waals surface area contributed by atoms with Gasteiger partial charge in [-0.15, -0.1) is 0 Å². The molecule has 1 saturated carbocycles. The maximum atomic E-state index is 14.8. The molecule has 2 aliphatic rings. The van der Waals surface area contributed by atoms with Crippen LogP contribution in [0.1, 0.15) is 59.9 Å². The van der Waals surface area contributed by atoms with E-state index in [0.717, 1.165) is 22.1 Å². The molecule has 1 amide bonds. The summed E-state index contributed by atoms with van der Waals surface area (Å²) < 4.78 is 101. The van der Waals surface area contributed by atoms with Crippen LogP contribution in [0.4, 0.5) is 35.5 Å². The van der Waals surface area contributed by atoms with E-state index in [0.29, 0.717) is 23.4 Å². The fourth-order valence-electron chi connectivity index (χ4n) is 4.66. The van der Waals surface area contributed by atoms with Gasteiger partial charge in [-0.3, -0.25) is 9.88 Å². The van der Waals surface area contributed by atoms with Crippen molar-refractivity contribution in [2.45, 2.75) is 56.7 Å². The number of amides is 1. The first-order chi connectivity index (χ1) is 18.2. The van der Waals surface area contributed by atoms with E-state index in [1.54, 1.807) is 24.3 Å². The number of rotatable bonds is 5. The second-order valence-electron chi connectivity index (χ2n) is 9.64. The van der Waals surface area contributed by atoms with E-state index >= 15 is 0 Å². The molecule has 3 aromatic rings. The van der Waals surface area contributed by atoms with Crippen molar-refractivity contribution in [2.24, 2.45) is 0 Å². The van der Waals surface area contributed by atoms with Crippen LogP contribution in [-0.2, 0) is 23.6 Å². The number of pyridine rings is 1. The zero-order chi connectivity index (χ0) is 28.3. The van der Waals surface area contributed by atoms with Gasteiger partial charge in [0.15, 0.2) is 0 Å². The molecule has 0 spiro atoms. The van der Waals surface area contributed by atoms with Crippen molar-refractivity contribution in [1.82, 2.24) is 9.88 Å². The number of ether oxygens (including phenoxy) is 1. The highest BCUT2D eigenvalue weighted by atomic mass is 127. The molecular formula is C27H20F7IN2O2. The topological polar surface area (TPSA) is 42.4 Å². The summed E-state index contributed by atoms with van der Waals surface area (Å²) in [6.07, 6.45) is -10.5. The quantitative estimate of drug-likeness (QED) is 0.203. The average molecular weight is 664 g/mol. The second kappa shape index (κ2) is 9.93. The highest BCUT2D eigenvalue weighted by Crippen LogP contribution is 2.43. The number of halogens is 8. The molecule has 1 aliphatic heterocycles. The molecule has 206 valence electrons. The molecule has 4 nitrogen and oxygen atoms in total. The van der Waals surface area contributed by atoms with E-state index in [4.69, 9.17) is 4.74 Å². The number of benzene rings is 2. The number of hydrogen-bond acceptors (Lipinski definition) is 3. The lowest BCUT2D eigenvalue weighted by Crippen LogP contribution is -2.32. The van der Waals surface area contributed by atoms with Gasteiger partial charge in [0.25, 0.3) is 0 Å². The summed E-state index contributed by atoms with van der Waals surface area (Å²) in [5.74, 6) is -0.267. The summed E-state index contributed by atoms with van der Waals surface area (Å²) in [6, 6.07) is 8.26. The van der Waals surface area contributed by atoms with Gasteiger partial charge in [-0.1, -0.05) is 6.07 Å². The fourth-order valence-corrected chi connectivity index (χ4v) is 5.15. The summed E-state index contributed by atoms with van der Waals surface area (Å²) in [4.78, 5) is 18.8. The molecule has 0 unspecified atom stereocenters. The van der Waals surface area contributed by atoms with E-state index in [1.165, 1.54) is 17.9 Å². The summed E-state index contributed by atoms with van der Waals surface area (Å²) in [7, 11) is 0. The largest absolute Gasteiger partial charge is 0.439 e. The molecule has 2 heterocycles. The van der Waals surface area contributed by atoms with Gasteiger partial charge in [-0.05, 0) is 90.4 Å². The normalized spacial score (nSPS) is 19.9.